The highest BCUT2D eigenvalue weighted by atomic mass is 32.2. The number of ether oxygens (including phenoxy) is 2. The molecule has 0 spiro atoms. The quantitative estimate of drug-likeness (QED) is 0.594. The number of para-hydroxylation sites is 2. The number of carbonyl (C=O) groups excluding carboxylic acids is 1. The molecule has 8 heteroatoms. The first-order chi connectivity index (χ1) is 14.3. The van der Waals surface area contributed by atoms with Crippen LogP contribution in [0.4, 0.5) is 11.4 Å². The molecule has 0 saturated carbocycles. The van der Waals surface area contributed by atoms with E-state index in [1.54, 1.807) is 67.6 Å². The van der Waals surface area contributed by atoms with E-state index in [0.29, 0.717) is 28.4 Å². The average molecular weight is 426 g/mol. The van der Waals surface area contributed by atoms with Gasteiger partial charge in [-0.1, -0.05) is 24.3 Å². The highest BCUT2D eigenvalue weighted by Gasteiger charge is 2.21. The summed E-state index contributed by atoms with van der Waals surface area (Å²) in [6, 6.07) is 18.1. The van der Waals surface area contributed by atoms with Gasteiger partial charge in [0.1, 0.15) is 11.5 Å². The van der Waals surface area contributed by atoms with Gasteiger partial charge in [0.15, 0.2) is 0 Å². The molecule has 1 amide bonds. The van der Waals surface area contributed by atoms with Crippen molar-refractivity contribution in [1.29, 1.82) is 0 Å². The van der Waals surface area contributed by atoms with Crippen molar-refractivity contribution in [3.05, 3.63) is 77.9 Å². The van der Waals surface area contributed by atoms with Crippen molar-refractivity contribution in [1.82, 2.24) is 0 Å². The maximum atomic E-state index is 13.0. The Morgan fingerprint density at radius 3 is 2.40 bits per heavy atom. The van der Waals surface area contributed by atoms with Crippen LogP contribution in [-0.4, -0.2) is 28.5 Å². The number of nitrogens with one attached hydrogen (secondary N) is 2. The molecule has 0 aliphatic heterocycles. The van der Waals surface area contributed by atoms with E-state index in [-0.39, 0.29) is 10.5 Å². The van der Waals surface area contributed by atoms with Crippen LogP contribution in [0.2, 0.25) is 0 Å². The van der Waals surface area contributed by atoms with Crippen molar-refractivity contribution in [2.45, 2.75) is 11.8 Å². The third kappa shape index (κ3) is 4.72. The van der Waals surface area contributed by atoms with Crippen molar-refractivity contribution in [3.8, 4) is 11.5 Å². The van der Waals surface area contributed by atoms with Gasteiger partial charge >= 0.3 is 0 Å². The molecule has 0 saturated heterocycles. The predicted octanol–water partition coefficient (Wildman–Crippen LogP) is 4.07. The molecule has 3 aromatic rings. The lowest BCUT2D eigenvalue weighted by Gasteiger charge is -2.14. The summed E-state index contributed by atoms with van der Waals surface area (Å²) in [5, 5.41) is 2.74. The van der Waals surface area contributed by atoms with E-state index in [4.69, 9.17) is 9.47 Å². The highest BCUT2D eigenvalue weighted by Crippen LogP contribution is 2.28. The minimum Gasteiger partial charge on any atom is -0.497 e. The number of carbonyl (C=O) groups is 1. The summed E-state index contributed by atoms with van der Waals surface area (Å²) in [7, 11) is -0.951. The van der Waals surface area contributed by atoms with Crippen molar-refractivity contribution in [3.63, 3.8) is 0 Å². The zero-order valence-corrected chi connectivity index (χ0v) is 17.6. The van der Waals surface area contributed by atoms with Gasteiger partial charge in [0.05, 0.1) is 24.8 Å². The molecule has 3 rings (SSSR count). The van der Waals surface area contributed by atoms with Gasteiger partial charge in [0, 0.05) is 17.3 Å². The molecule has 0 aliphatic carbocycles. The normalized spacial score (nSPS) is 10.9. The number of aryl methyl sites for hydroxylation is 1. The molecule has 30 heavy (non-hydrogen) atoms. The van der Waals surface area contributed by atoms with E-state index < -0.39 is 15.9 Å². The maximum Gasteiger partial charge on any atom is 0.262 e. The number of methoxy groups -OCH3 is 2. The molecule has 0 aromatic heterocycles. The zero-order valence-electron chi connectivity index (χ0n) is 16.8. The summed E-state index contributed by atoms with van der Waals surface area (Å²) in [6.45, 7) is 1.67. The third-order valence-corrected chi connectivity index (χ3v) is 5.93. The predicted molar refractivity (Wildman–Crippen MR) is 116 cm³/mol. The summed E-state index contributed by atoms with van der Waals surface area (Å²) in [5.41, 5.74) is 1.57. The van der Waals surface area contributed by atoms with E-state index in [2.05, 4.69) is 10.0 Å². The largest absolute Gasteiger partial charge is 0.497 e. The molecule has 3 aromatic carbocycles. The number of hydrogen-bond donors (Lipinski definition) is 2. The lowest BCUT2D eigenvalue weighted by atomic mass is 10.1. The maximum absolute atomic E-state index is 13.0. The molecule has 0 atom stereocenters. The fourth-order valence-corrected chi connectivity index (χ4v) is 4.21. The monoisotopic (exact) mass is 426 g/mol. The highest BCUT2D eigenvalue weighted by molar-refractivity contribution is 7.92. The first-order valence-electron chi connectivity index (χ1n) is 9.06. The van der Waals surface area contributed by atoms with Crippen LogP contribution in [0.15, 0.2) is 71.6 Å². The lowest BCUT2D eigenvalue weighted by molar-refractivity contribution is 0.102. The molecule has 0 heterocycles. The van der Waals surface area contributed by atoms with Crippen LogP contribution in [-0.2, 0) is 10.0 Å². The van der Waals surface area contributed by atoms with Gasteiger partial charge in [0.25, 0.3) is 15.9 Å². The number of sulfonamides is 1. The standard InChI is InChI=1S/C22H22N2O5S/c1-15-11-12-16(22(25)23-17-7-6-8-18(14-17)28-2)13-21(15)30(26,27)24-19-9-4-5-10-20(19)29-3/h4-14,24H,1-3H3,(H,23,25). The summed E-state index contributed by atoms with van der Waals surface area (Å²) in [6.07, 6.45) is 0. The summed E-state index contributed by atoms with van der Waals surface area (Å²) in [4.78, 5) is 12.7. The number of rotatable bonds is 7. The Balaban J connectivity index is 1.89. The van der Waals surface area contributed by atoms with Crippen LogP contribution < -0.4 is 19.5 Å². The first-order valence-corrected chi connectivity index (χ1v) is 10.5. The van der Waals surface area contributed by atoms with E-state index in [1.807, 2.05) is 0 Å². The Morgan fingerprint density at radius 2 is 1.67 bits per heavy atom. The molecule has 0 aliphatic rings. The Hall–Kier alpha value is -3.52. The van der Waals surface area contributed by atoms with Gasteiger partial charge < -0.3 is 14.8 Å². The minimum atomic E-state index is -3.95. The molecule has 0 fully saturated rings. The van der Waals surface area contributed by atoms with E-state index in [1.165, 1.54) is 20.3 Å². The summed E-state index contributed by atoms with van der Waals surface area (Å²) >= 11 is 0. The van der Waals surface area contributed by atoms with Crippen molar-refractivity contribution in [2.24, 2.45) is 0 Å². The van der Waals surface area contributed by atoms with Crippen LogP contribution >= 0.6 is 0 Å². The molecule has 0 radical (unpaired) electrons. The fraction of sp³-hybridized carbons (Fsp3) is 0.136. The van der Waals surface area contributed by atoms with Crippen LogP contribution in [0, 0.1) is 6.92 Å². The van der Waals surface area contributed by atoms with Crippen LogP contribution in [0.5, 0.6) is 11.5 Å². The first kappa shape index (κ1) is 21.2. The topological polar surface area (TPSA) is 93.7 Å². The fourth-order valence-electron chi connectivity index (χ4n) is 2.86. The zero-order chi connectivity index (χ0) is 21.7. The third-order valence-electron chi connectivity index (χ3n) is 4.42. The Morgan fingerprint density at radius 1 is 0.900 bits per heavy atom. The molecular formula is C22H22N2O5S. The SMILES string of the molecule is COc1cccc(NC(=O)c2ccc(C)c(S(=O)(=O)Nc3ccccc3OC)c2)c1. The molecule has 2 N–H and O–H groups in total. The van der Waals surface area contributed by atoms with E-state index in [9.17, 15) is 13.2 Å². The number of amides is 1. The number of anilines is 2. The van der Waals surface area contributed by atoms with Gasteiger partial charge in [-0.2, -0.15) is 0 Å². The van der Waals surface area contributed by atoms with Crippen molar-refractivity contribution < 1.29 is 22.7 Å². The van der Waals surface area contributed by atoms with Gasteiger partial charge in [-0.25, -0.2) is 8.42 Å². The van der Waals surface area contributed by atoms with Gasteiger partial charge in [-0.05, 0) is 48.9 Å². The van der Waals surface area contributed by atoms with Gasteiger partial charge in [0.2, 0.25) is 0 Å². The summed E-state index contributed by atoms with van der Waals surface area (Å²) in [5.74, 6) is 0.559. The molecule has 7 nitrogen and oxygen atoms in total. The van der Waals surface area contributed by atoms with Gasteiger partial charge in [-0.3, -0.25) is 9.52 Å². The lowest BCUT2D eigenvalue weighted by Crippen LogP contribution is -2.17. The molecule has 0 bridgehead atoms. The number of hydrogen-bond acceptors (Lipinski definition) is 5. The second-order valence-corrected chi connectivity index (χ2v) is 8.12. The molecule has 156 valence electrons. The molecule has 0 unspecified atom stereocenters. The number of benzene rings is 3. The Bertz CT molecular complexity index is 1180. The van der Waals surface area contributed by atoms with Crippen molar-refractivity contribution >= 4 is 27.3 Å². The van der Waals surface area contributed by atoms with Crippen LogP contribution in [0.3, 0.4) is 0 Å². The van der Waals surface area contributed by atoms with E-state index >= 15 is 0 Å². The smallest absolute Gasteiger partial charge is 0.262 e. The van der Waals surface area contributed by atoms with Crippen LogP contribution in [0.25, 0.3) is 0 Å². The Labute approximate surface area is 175 Å². The second-order valence-electron chi connectivity index (χ2n) is 6.47. The Kier molecular flexibility index (Phi) is 6.27. The van der Waals surface area contributed by atoms with Gasteiger partial charge in [-0.15, -0.1) is 0 Å². The molecular weight excluding hydrogens is 404 g/mol. The van der Waals surface area contributed by atoms with Crippen molar-refractivity contribution in [2.75, 3.05) is 24.3 Å². The average Bonchev–Trinajstić information content (AvgIpc) is 2.74. The van der Waals surface area contributed by atoms with Crippen LogP contribution in [0.1, 0.15) is 15.9 Å². The second kappa shape index (κ2) is 8.87. The minimum absolute atomic E-state index is 0.00620. The van der Waals surface area contributed by atoms with E-state index in [0.717, 1.165) is 0 Å². The summed E-state index contributed by atoms with van der Waals surface area (Å²) < 4.78 is 38.9.